The van der Waals surface area contributed by atoms with E-state index in [1.54, 1.807) is 6.20 Å². The predicted molar refractivity (Wildman–Crippen MR) is 90.4 cm³/mol. The zero-order valence-corrected chi connectivity index (χ0v) is 13.7. The van der Waals surface area contributed by atoms with Crippen molar-refractivity contribution in [2.45, 2.75) is 38.6 Å². The van der Waals surface area contributed by atoms with Crippen LogP contribution >= 0.6 is 0 Å². The molecule has 0 spiro atoms. The summed E-state index contributed by atoms with van der Waals surface area (Å²) in [6.07, 6.45) is 2.11. The van der Waals surface area contributed by atoms with Crippen LogP contribution in [-0.2, 0) is 16.0 Å². The molecule has 0 saturated carbocycles. The van der Waals surface area contributed by atoms with Crippen LogP contribution in [0.15, 0.2) is 35.7 Å². The van der Waals surface area contributed by atoms with Crippen LogP contribution in [0.1, 0.15) is 32.3 Å². The summed E-state index contributed by atoms with van der Waals surface area (Å²) < 4.78 is 0. The van der Waals surface area contributed by atoms with Gasteiger partial charge in [-0.05, 0) is 24.0 Å². The van der Waals surface area contributed by atoms with Gasteiger partial charge in [-0.15, -0.1) is 4.91 Å². The van der Waals surface area contributed by atoms with E-state index in [4.69, 9.17) is 0 Å². The van der Waals surface area contributed by atoms with Crippen LogP contribution < -0.4 is 5.43 Å². The molecule has 7 heteroatoms. The summed E-state index contributed by atoms with van der Waals surface area (Å²) in [6.45, 7) is 3.89. The second-order valence-corrected chi connectivity index (χ2v) is 6.31. The molecule has 0 aliphatic rings. The van der Waals surface area contributed by atoms with Gasteiger partial charge in [-0.2, -0.15) is 0 Å². The van der Waals surface area contributed by atoms with Crippen molar-refractivity contribution in [3.8, 4) is 0 Å². The first-order chi connectivity index (χ1) is 11.4. The first kappa shape index (κ1) is 17.7. The van der Waals surface area contributed by atoms with Crippen LogP contribution in [0.4, 0.5) is 0 Å². The Morgan fingerprint density at radius 3 is 2.67 bits per heavy atom. The van der Waals surface area contributed by atoms with E-state index in [0.717, 1.165) is 10.9 Å². The summed E-state index contributed by atoms with van der Waals surface area (Å²) in [7, 11) is 0. The highest BCUT2D eigenvalue weighted by molar-refractivity contribution is 6.08. The molecular formula is C17H21N3O4. The minimum atomic E-state index is -2.05. The van der Waals surface area contributed by atoms with Crippen LogP contribution in [0, 0.1) is 10.8 Å². The van der Waals surface area contributed by atoms with E-state index in [1.165, 1.54) is 0 Å². The number of ketones is 1. The maximum Gasteiger partial charge on any atom is 0.339 e. The Balaban J connectivity index is 2.40. The van der Waals surface area contributed by atoms with E-state index < -0.39 is 17.3 Å². The number of aliphatic carboxylic acids is 1. The number of rotatable bonds is 9. The molecule has 2 aromatic rings. The number of Topliss-reactive ketones (excluding diaryl/α,β-unsaturated/α-hetero) is 1. The standard InChI is InChI=1S/C17H21N3O4/c1-11(2)7-8-15(21)17(16(22)23,19-20-24)9-12-10-18-14-6-4-3-5-13(12)14/h3-6,10-11,18H,7-9H2,1-2H3,(H,19,24)(H,22,23)/t17-/m1/s1. The molecule has 1 aromatic carbocycles. The number of carboxylic acids is 1. The van der Waals surface area contributed by atoms with Gasteiger partial charge in [0.05, 0.1) is 5.29 Å². The van der Waals surface area contributed by atoms with Crippen molar-refractivity contribution in [2.24, 2.45) is 11.2 Å². The molecule has 0 fully saturated rings. The Kier molecular flexibility index (Phi) is 5.33. The number of hydrogen-bond acceptors (Lipinski definition) is 4. The van der Waals surface area contributed by atoms with E-state index in [-0.39, 0.29) is 18.8 Å². The maximum atomic E-state index is 12.6. The molecule has 1 atom stereocenters. The zero-order valence-electron chi connectivity index (χ0n) is 13.7. The Morgan fingerprint density at radius 1 is 1.33 bits per heavy atom. The number of nitrogens with zero attached hydrogens (tertiary/aromatic N) is 1. The van der Waals surface area contributed by atoms with Crippen LogP contribution in [0.5, 0.6) is 0 Å². The van der Waals surface area contributed by atoms with E-state index in [1.807, 2.05) is 43.5 Å². The fourth-order valence-corrected chi connectivity index (χ4v) is 2.72. The van der Waals surface area contributed by atoms with Crippen LogP contribution in [0.3, 0.4) is 0 Å². The van der Waals surface area contributed by atoms with Crippen LogP contribution in [0.25, 0.3) is 10.9 Å². The summed E-state index contributed by atoms with van der Waals surface area (Å²) in [6, 6.07) is 7.37. The van der Waals surface area contributed by atoms with Crippen molar-refractivity contribution in [3.63, 3.8) is 0 Å². The first-order valence-electron chi connectivity index (χ1n) is 7.82. The lowest BCUT2D eigenvalue weighted by Crippen LogP contribution is -2.58. The van der Waals surface area contributed by atoms with Crippen molar-refractivity contribution in [1.29, 1.82) is 0 Å². The Morgan fingerprint density at radius 2 is 2.04 bits per heavy atom. The number of para-hydroxylation sites is 1. The van der Waals surface area contributed by atoms with Gasteiger partial charge in [0.25, 0.3) is 0 Å². The summed E-state index contributed by atoms with van der Waals surface area (Å²) in [5, 5.41) is 13.0. The molecule has 128 valence electrons. The summed E-state index contributed by atoms with van der Waals surface area (Å²) in [4.78, 5) is 38.3. The number of nitroso groups, excluding NO2 is 1. The molecule has 0 bridgehead atoms. The number of carbonyl (C=O) groups excluding carboxylic acids is 1. The van der Waals surface area contributed by atoms with Crippen molar-refractivity contribution in [2.75, 3.05) is 0 Å². The lowest BCUT2D eigenvalue weighted by atomic mass is 9.84. The van der Waals surface area contributed by atoms with Gasteiger partial charge in [-0.3, -0.25) is 4.79 Å². The Labute approximate surface area is 139 Å². The molecule has 3 N–H and O–H groups in total. The second-order valence-electron chi connectivity index (χ2n) is 6.31. The molecule has 0 aliphatic carbocycles. The monoisotopic (exact) mass is 331 g/mol. The first-order valence-corrected chi connectivity index (χ1v) is 7.82. The molecule has 0 amide bonds. The molecule has 2 rings (SSSR count). The quantitative estimate of drug-likeness (QED) is 0.371. The van der Waals surface area contributed by atoms with E-state index in [0.29, 0.717) is 12.0 Å². The number of aromatic nitrogens is 1. The number of nitrogens with one attached hydrogen (secondary N) is 2. The van der Waals surface area contributed by atoms with Gasteiger partial charge in [0.15, 0.2) is 5.78 Å². The van der Waals surface area contributed by atoms with Gasteiger partial charge >= 0.3 is 5.97 Å². The Bertz CT molecular complexity index is 753. The lowest BCUT2D eigenvalue weighted by Gasteiger charge is -2.26. The number of aromatic amines is 1. The summed E-state index contributed by atoms with van der Waals surface area (Å²) in [5.74, 6) is -1.70. The topological polar surface area (TPSA) is 112 Å². The lowest BCUT2D eigenvalue weighted by molar-refractivity contribution is -0.150. The van der Waals surface area contributed by atoms with Crippen molar-refractivity contribution in [1.82, 2.24) is 10.4 Å². The normalized spacial score (nSPS) is 13.6. The summed E-state index contributed by atoms with van der Waals surface area (Å²) >= 11 is 0. The smallest absolute Gasteiger partial charge is 0.339 e. The highest BCUT2D eigenvalue weighted by Gasteiger charge is 2.46. The third kappa shape index (κ3) is 3.45. The molecule has 1 heterocycles. The average molecular weight is 331 g/mol. The largest absolute Gasteiger partial charge is 0.479 e. The van der Waals surface area contributed by atoms with Gasteiger partial charge in [0.1, 0.15) is 0 Å². The molecule has 7 nitrogen and oxygen atoms in total. The highest BCUT2D eigenvalue weighted by Crippen LogP contribution is 2.25. The number of fused-ring (bicyclic) bond motifs is 1. The minimum Gasteiger partial charge on any atom is -0.479 e. The van der Waals surface area contributed by atoms with Crippen molar-refractivity contribution in [3.05, 3.63) is 40.9 Å². The minimum absolute atomic E-state index is 0.0643. The number of H-pyrrole nitrogens is 1. The zero-order chi connectivity index (χ0) is 17.7. The Hall–Kier alpha value is -2.70. The van der Waals surface area contributed by atoms with Gasteiger partial charge in [0.2, 0.25) is 5.54 Å². The fourth-order valence-electron chi connectivity index (χ4n) is 2.72. The van der Waals surface area contributed by atoms with Crippen molar-refractivity contribution >= 4 is 22.7 Å². The van der Waals surface area contributed by atoms with Crippen molar-refractivity contribution < 1.29 is 14.7 Å². The van der Waals surface area contributed by atoms with E-state index >= 15 is 0 Å². The highest BCUT2D eigenvalue weighted by atomic mass is 16.4. The molecular weight excluding hydrogens is 310 g/mol. The third-order valence-electron chi connectivity index (χ3n) is 4.16. The average Bonchev–Trinajstić information content (AvgIpc) is 2.95. The van der Waals surface area contributed by atoms with E-state index in [9.17, 15) is 19.6 Å². The molecule has 0 unspecified atom stereocenters. The predicted octanol–water partition coefficient (Wildman–Crippen LogP) is 2.81. The van der Waals surface area contributed by atoms with Gasteiger partial charge < -0.3 is 10.1 Å². The fraction of sp³-hybridized carbons (Fsp3) is 0.412. The molecule has 24 heavy (non-hydrogen) atoms. The number of benzene rings is 1. The van der Waals surface area contributed by atoms with E-state index in [2.05, 4.69) is 10.3 Å². The van der Waals surface area contributed by atoms with Crippen LogP contribution in [0.2, 0.25) is 0 Å². The molecule has 0 aliphatic heterocycles. The SMILES string of the molecule is CC(C)CCC(=O)[C@@](Cc1c[nH]c2ccccc12)(NN=O)C(=O)O. The van der Waals surface area contributed by atoms with Gasteiger partial charge in [0, 0.05) is 29.9 Å². The van der Waals surface area contributed by atoms with Gasteiger partial charge in [-0.1, -0.05) is 32.0 Å². The number of hydrogen-bond donors (Lipinski definition) is 3. The number of carbonyl (C=O) groups is 2. The molecule has 0 saturated heterocycles. The third-order valence-corrected chi connectivity index (χ3v) is 4.16. The number of carboxylic acid groups (broad SMARTS) is 1. The van der Waals surface area contributed by atoms with Gasteiger partial charge in [-0.25, -0.2) is 10.2 Å². The molecule has 0 radical (unpaired) electrons. The second kappa shape index (κ2) is 7.25. The van der Waals surface area contributed by atoms with Crippen LogP contribution in [-0.4, -0.2) is 27.4 Å². The maximum absolute atomic E-state index is 12.6. The summed E-state index contributed by atoms with van der Waals surface area (Å²) in [5.41, 5.74) is 1.45. The molecule has 1 aromatic heterocycles.